The van der Waals surface area contributed by atoms with Crippen LogP contribution < -0.4 is 14.9 Å². The molecule has 0 heterocycles. The molecule has 0 unspecified atom stereocenters. The Morgan fingerprint density at radius 3 is 2.65 bits per heavy atom. The van der Waals surface area contributed by atoms with E-state index < -0.39 is 0 Å². The number of benzene rings is 2. The van der Waals surface area contributed by atoms with Crippen molar-refractivity contribution in [1.29, 1.82) is 0 Å². The van der Waals surface area contributed by atoms with Crippen molar-refractivity contribution in [3.05, 3.63) is 53.6 Å². The Balaban J connectivity index is 1.98. The van der Waals surface area contributed by atoms with E-state index in [4.69, 9.17) is 9.47 Å². The molecule has 0 saturated carbocycles. The maximum absolute atomic E-state index is 12.0. The average Bonchev–Trinajstić information content (AvgIpc) is 2.57. The van der Waals surface area contributed by atoms with Gasteiger partial charge in [-0.25, -0.2) is 5.43 Å². The minimum atomic E-state index is -0.324. The number of hydrazone groups is 1. The molecule has 120 valence electrons. The average molecular weight is 314 g/mol. The zero-order chi connectivity index (χ0) is 16.7. The molecule has 0 saturated heterocycles. The van der Waals surface area contributed by atoms with Gasteiger partial charge in [0.2, 0.25) is 0 Å². The van der Waals surface area contributed by atoms with Gasteiger partial charge < -0.3 is 14.6 Å². The lowest BCUT2D eigenvalue weighted by Gasteiger charge is -2.04. The highest BCUT2D eigenvalue weighted by Gasteiger charge is 2.04. The van der Waals surface area contributed by atoms with E-state index in [1.807, 2.05) is 6.92 Å². The maximum Gasteiger partial charge on any atom is 0.271 e. The van der Waals surface area contributed by atoms with Gasteiger partial charge in [0.1, 0.15) is 5.75 Å². The third-order valence-electron chi connectivity index (χ3n) is 3.01. The number of ether oxygens (including phenoxy) is 2. The van der Waals surface area contributed by atoms with Crippen LogP contribution in [0, 0.1) is 0 Å². The molecule has 2 aromatic rings. The molecule has 0 bridgehead atoms. The molecule has 6 heteroatoms. The van der Waals surface area contributed by atoms with Crippen molar-refractivity contribution in [1.82, 2.24) is 5.43 Å². The minimum Gasteiger partial charge on any atom is -0.504 e. The lowest BCUT2D eigenvalue weighted by atomic mass is 10.2. The highest BCUT2D eigenvalue weighted by molar-refractivity contribution is 5.95. The number of carbonyl (C=O) groups is 1. The van der Waals surface area contributed by atoms with Gasteiger partial charge in [0, 0.05) is 5.56 Å². The van der Waals surface area contributed by atoms with Crippen molar-refractivity contribution < 1.29 is 19.4 Å². The highest BCUT2D eigenvalue weighted by Crippen LogP contribution is 2.25. The number of methoxy groups -OCH3 is 1. The molecule has 0 aliphatic rings. The first kappa shape index (κ1) is 16.4. The third kappa shape index (κ3) is 4.47. The molecule has 0 aliphatic heterocycles. The predicted octanol–water partition coefficient (Wildman–Crippen LogP) is 2.56. The van der Waals surface area contributed by atoms with Crippen LogP contribution in [-0.4, -0.2) is 30.9 Å². The van der Waals surface area contributed by atoms with Crippen LogP contribution in [0.1, 0.15) is 22.8 Å². The van der Waals surface area contributed by atoms with Crippen molar-refractivity contribution in [3.63, 3.8) is 0 Å². The standard InChI is InChI=1S/C17H18N2O4/c1-3-23-14-7-5-13(6-8-14)17(21)19-18-11-12-4-9-15(20)16(10-12)22-2/h4-11,20H,3H2,1-2H3,(H,19,21). The topological polar surface area (TPSA) is 80.2 Å². The molecular weight excluding hydrogens is 296 g/mol. The molecule has 0 fully saturated rings. The summed E-state index contributed by atoms with van der Waals surface area (Å²) >= 11 is 0. The van der Waals surface area contributed by atoms with E-state index in [1.54, 1.807) is 36.4 Å². The van der Waals surface area contributed by atoms with E-state index in [2.05, 4.69) is 10.5 Å². The van der Waals surface area contributed by atoms with Gasteiger partial charge in [-0.05, 0) is 55.0 Å². The summed E-state index contributed by atoms with van der Waals surface area (Å²) in [6.45, 7) is 2.47. The van der Waals surface area contributed by atoms with E-state index in [1.165, 1.54) is 19.4 Å². The minimum absolute atomic E-state index is 0.0445. The predicted molar refractivity (Wildman–Crippen MR) is 87.3 cm³/mol. The van der Waals surface area contributed by atoms with Gasteiger partial charge in [-0.3, -0.25) is 4.79 Å². The summed E-state index contributed by atoms with van der Waals surface area (Å²) < 4.78 is 10.3. The Morgan fingerprint density at radius 2 is 2.00 bits per heavy atom. The van der Waals surface area contributed by atoms with Gasteiger partial charge in [0.05, 0.1) is 19.9 Å². The fraction of sp³-hybridized carbons (Fsp3) is 0.176. The molecular formula is C17H18N2O4. The molecule has 2 N–H and O–H groups in total. The number of rotatable bonds is 6. The van der Waals surface area contributed by atoms with Gasteiger partial charge >= 0.3 is 0 Å². The Bertz CT molecular complexity index is 696. The normalized spacial score (nSPS) is 10.5. The number of nitrogens with zero attached hydrogens (tertiary/aromatic N) is 1. The second-order valence-corrected chi connectivity index (χ2v) is 4.59. The van der Waals surface area contributed by atoms with Crippen molar-refractivity contribution >= 4 is 12.1 Å². The number of aromatic hydroxyl groups is 1. The van der Waals surface area contributed by atoms with Crippen molar-refractivity contribution in [2.24, 2.45) is 5.10 Å². The lowest BCUT2D eigenvalue weighted by Crippen LogP contribution is -2.17. The molecule has 0 aliphatic carbocycles. The van der Waals surface area contributed by atoms with E-state index in [-0.39, 0.29) is 11.7 Å². The van der Waals surface area contributed by atoms with Gasteiger partial charge in [0.15, 0.2) is 11.5 Å². The molecule has 0 aromatic heterocycles. The molecule has 23 heavy (non-hydrogen) atoms. The summed E-state index contributed by atoms with van der Waals surface area (Å²) in [4.78, 5) is 12.0. The first-order valence-electron chi connectivity index (χ1n) is 7.07. The van der Waals surface area contributed by atoms with Crippen LogP contribution in [0.4, 0.5) is 0 Å². The second-order valence-electron chi connectivity index (χ2n) is 4.59. The van der Waals surface area contributed by atoms with Crippen LogP contribution in [0.2, 0.25) is 0 Å². The highest BCUT2D eigenvalue weighted by atomic mass is 16.5. The Morgan fingerprint density at radius 1 is 1.26 bits per heavy atom. The SMILES string of the molecule is CCOc1ccc(C(=O)NN=Cc2ccc(O)c(OC)c2)cc1. The summed E-state index contributed by atoms with van der Waals surface area (Å²) in [5.41, 5.74) is 3.60. The molecule has 0 spiro atoms. The van der Waals surface area contributed by atoms with Crippen LogP contribution >= 0.6 is 0 Å². The van der Waals surface area contributed by atoms with Crippen LogP contribution in [-0.2, 0) is 0 Å². The fourth-order valence-electron chi connectivity index (χ4n) is 1.87. The quantitative estimate of drug-likeness (QED) is 0.634. The van der Waals surface area contributed by atoms with Gasteiger partial charge in [-0.2, -0.15) is 5.10 Å². The number of amides is 1. The zero-order valence-electron chi connectivity index (χ0n) is 12.9. The maximum atomic E-state index is 12.0. The van der Waals surface area contributed by atoms with E-state index in [9.17, 15) is 9.90 Å². The molecule has 2 aromatic carbocycles. The zero-order valence-corrected chi connectivity index (χ0v) is 12.9. The Hall–Kier alpha value is -3.02. The molecule has 6 nitrogen and oxygen atoms in total. The lowest BCUT2D eigenvalue weighted by molar-refractivity contribution is 0.0955. The first-order chi connectivity index (χ1) is 11.1. The molecule has 0 atom stereocenters. The van der Waals surface area contributed by atoms with Crippen molar-refractivity contribution in [3.8, 4) is 17.2 Å². The van der Waals surface area contributed by atoms with E-state index >= 15 is 0 Å². The number of hydrogen-bond donors (Lipinski definition) is 2. The summed E-state index contributed by atoms with van der Waals surface area (Å²) in [6.07, 6.45) is 1.47. The van der Waals surface area contributed by atoms with Gasteiger partial charge in [-0.15, -0.1) is 0 Å². The van der Waals surface area contributed by atoms with Gasteiger partial charge in [-0.1, -0.05) is 0 Å². The molecule has 2 rings (SSSR count). The summed E-state index contributed by atoms with van der Waals surface area (Å²) in [5, 5.41) is 13.4. The van der Waals surface area contributed by atoms with Crippen LogP contribution in [0.15, 0.2) is 47.6 Å². The fourth-order valence-corrected chi connectivity index (χ4v) is 1.87. The second kappa shape index (κ2) is 7.84. The Kier molecular flexibility index (Phi) is 5.57. The summed E-state index contributed by atoms with van der Waals surface area (Å²) in [7, 11) is 1.46. The Labute approximate surface area is 134 Å². The smallest absolute Gasteiger partial charge is 0.271 e. The van der Waals surface area contributed by atoms with Crippen LogP contribution in [0.5, 0.6) is 17.2 Å². The van der Waals surface area contributed by atoms with Crippen LogP contribution in [0.3, 0.4) is 0 Å². The number of phenolic OH excluding ortho intramolecular Hbond substituents is 1. The number of carbonyl (C=O) groups excluding carboxylic acids is 1. The molecule has 1 amide bonds. The number of hydrogen-bond acceptors (Lipinski definition) is 5. The molecule has 0 radical (unpaired) electrons. The number of nitrogens with one attached hydrogen (secondary N) is 1. The van der Waals surface area contributed by atoms with Crippen LogP contribution in [0.25, 0.3) is 0 Å². The van der Waals surface area contributed by atoms with E-state index in [0.717, 1.165) is 0 Å². The van der Waals surface area contributed by atoms with E-state index in [0.29, 0.717) is 29.2 Å². The summed E-state index contributed by atoms with van der Waals surface area (Å²) in [6, 6.07) is 11.6. The van der Waals surface area contributed by atoms with Crippen molar-refractivity contribution in [2.75, 3.05) is 13.7 Å². The third-order valence-corrected chi connectivity index (χ3v) is 3.01. The first-order valence-corrected chi connectivity index (χ1v) is 7.07. The van der Waals surface area contributed by atoms with Crippen molar-refractivity contribution in [2.45, 2.75) is 6.92 Å². The largest absolute Gasteiger partial charge is 0.504 e. The van der Waals surface area contributed by atoms with Gasteiger partial charge in [0.25, 0.3) is 5.91 Å². The monoisotopic (exact) mass is 314 g/mol. The number of phenols is 1. The summed E-state index contributed by atoms with van der Waals surface area (Å²) in [5.74, 6) is 0.772.